The highest BCUT2D eigenvalue weighted by Gasteiger charge is 2.46. The summed E-state index contributed by atoms with van der Waals surface area (Å²) in [5.74, 6) is 1.78. The summed E-state index contributed by atoms with van der Waals surface area (Å²) in [5.41, 5.74) is 3.65. The molecule has 4 heteroatoms. The lowest BCUT2D eigenvalue weighted by atomic mass is 9.80. The van der Waals surface area contributed by atoms with Crippen LogP contribution in [0.5, 0.6) is 0 Å². The summed E-state index contributed by atoms with van der Waals surface area (Å²) in [6.45, 7) is 6.34. The molecule has 4 rings (SSSR count). The van der Waals surface area contributed by atoms with Crippen LogP contribution >= 0.6 is 0 Å². The molecule has 0 spiro atoms. The molecule has 1 aromatic heterocycles. The van der Waals surface area contributed by atoms with Crippen LogP contribution in [0.1, 0.15) is 18.4 Å². The Morgan fingerprint density at radius 2 is 2.05 bits per heavy atom. The molecule has 2 aliphatic rings. The molecular weight excluding hydrogens is 260 g/mol. The lowest BCUT2D eigenvalue weighted by molar-refractivity contribution is 0.402. The van der Waals surface area contributed by atoms with Gasteiger partial charge in [-0.3, -0.25) is 0 Å². The minimum absolute atomic E-state index is 0.259. The van der Waals surface area contributed by atoms with E-state index in [0.29, 0.717) is 11.8 Å². The molecule has 0 N–H and O–H groups in total. The Bertz CT molecular complexity index is 711. The number of para-hydroxylation sites is 1. The first-order valence-electron chi connectivity index (χ1n) is 7.27. The first kappa shape index (κ1) is 12.4. The zero-order chi connectivity index (χ0) is 14.6. The molecule has 0 bridgehead atoms. The summed E-state index contributed by atoms with van der Waals surface area (Å²) < 4.78 is 0. The van der Waals surface area contributed by atoms with Crippen LogP contribution in [0.3, 0.4) is 0 Å². The number of allylic oxidation sites excluding steroid dienone is 1. The Kier molecular flexibility index (Phi) is 2.55. The van der Waals surface area contributed by atoms with Crippen molar-refractivity contribution >= 4 is 17.2 Å². The minimum Gasteiger partial charge on any atom is -0.349 e. The van der Waals surface area contributed by atoms with Gasteiger partial charge in [-0.1, -0.05) is 31.2 Å². The van der Waals surface area contributed by atoms with E-state index in [2.05, 4.69) is 70.7 Å². The lowest BCUT2D eigenvalue weighted by Crippen LogP contribution is -2.48. The summed E-state index contributed by atoms with van der Waals surface area (Å²) in [4.78, 5) is 13.3. The highest BCUT2D eigenvalue weighted by molar-refractivity contribution is 5.82. The van der Waals surface area contributed by atoms with Crippen molar-refractivity contribution in [3.63, 3.8) is 0 Å². The van der Waals surface area contributed by atoms with Gasteiger partial charge in [0.25, 0.3) is 0 Å². The van der Waals surface area contributed by atoms with Gasteiger partial charge in [0.05, 0.1) is 6.20 Å². The number of anilines is 3. The van der Waals surface area contributed by atoms with E-state index in [4.69, 9.17) is 0 Å². The molecular formula is C17H18N4. The first-order valence-corrected chi connectivity index (χ1v) is 7.27. The molecule has 0 saturated heterocycles. The average molecular weight is 278 g/mol. The normalized spacial score (nSPS) is 26.1. The zero-order valence-electron chi connectivity index (χ0n) is 12.3. The molecule has 1 aromatic carbocycles. The summed E-state index contributed by atoms with van der Waals surface area (Å²) >= 11 is 0. The fourth-order valence-electron chi connectivity index (χ4n) is 3.83. The monoisotopic (exact) mass is 278 g/mol. The third-order valence-corrected chi connectivity index (χ3v) is 4.79. The largest absolute Gasteiger partial charge is 0.349 e. The third kappa shape index (κ3) is 1.50. The standard InChI is InChI=1S/C17H18N4/c1-4-12-11(2)17-20(3)15-9-18-10-19-16(15)21(17)14-8-6-5-7-13(12)14/h4-12,17H,1H2,2-3H3. The van der Waals surface area contributed by atoms with E-state index < -0.39 is 0 Å². The second-order valence-electron chi connectivity index (χ2n) is 5.81. The van der Waals surface area contributed by atoms with E-state index >= 15 is 0 Å². The smallest absolute Gasteiger partial charge is 0.161 e. The van der Waals surface area contributed by atoms with Gasteiger partial charge < -0.3 is 9.80 Å². The van der Waals surface area contributed by atoms with Crippen LogP contribution in [0.25, 0.3) is 0 Å². The molecule has 0 fully saturated rings. The van der Waals surface area contributed by atoms with Gasteiger partial charge in [-0.05, 0) is 11.6 Å². The zero-order valence-corrected chi connectivity index (χ0v) is 12.3. The third-order valence-electron chi connectivity index (χ3n) is 4.79. The molecule has 0 amide bonds. The van der Waals surface area contributed by atoms with E-state index in [9.17, 15) is 0 Å². The van der Waals surface area contributed by atoms with Crippen molar-refractivity contribution in [3.8, 4) is 0 Å². The molecule has 4 nitrogen and oxygen atoms in total. The molecule has 2 aromatic rings. The van der Waals surface area contributed by atoms with Crippen LogP contribution in [-0.4, -0.2) is 23.2 Å². The number of aromatic nitrogens is 2. The van der Waals surface area contributed by atoms with Crippen LogP contribution in [0.15, 0.2) is 49.4 Å². The second kappa shape index (κ2) is 4.32. The summed E-state index contributed by atoms with van der Waals surface area (Å²) in [6.07, 6.45) is 5.86. The number of benzene rings is 1. The predicted octanol–water partition coefficient (Wildman–Crippen LogP) is 3.31. The fraction of sp³-hybridized carbons (Fsp3) is 0.294. The van der Waals surface area contributed by atoms with Gasteiger partial charge in [-0.25, -0.2) is 9.97 Å². The fourth-order valence-corrected chi connectivity index (χ4v) is 3.83. The van der Waals surface area contributed by atoms with Gasteiger partial charge in [0, 0.05) is 24.6 Å². The maximum atomic E-state index is 4.53. The van der Waals surface area contributed by atoms with Crippen molar-refractivity contribution < 1.29 is 0 Å². The first-order chi connectivity index (χ1) is 10.2. The van der Waals surface area contributed by atoms with Gasteiger partial charge in [-0.15, -0.1) is 6.58 Å². The summed E-state index contributed by atoms with van der Waals surface area (Å²) in [7, 11) is 2.12. The van der Waals surface area contributed by atoms with Crippen LogP contribution < -0.4 is 9.80 Å². The topological polar surface area (TPSA) is 32.3 Å². The van der Waals surface area contributed by atoms with Crippen LogP contribution in [-0.2, 0) is 0 Å². The predicted molar refractivity (Wildman–Crippen MR) is 84.9 cm³/mol. The molecule has 3 heterocycles. The van der Waals surface area contributed by atoms with Crippen LogP contribution in [0.2, 0.25) is 0 Å². The summed E-state index contributed by atoms with van der Waals surface area (Å²) in [5, 5.41) is 0. The number of rotatable bonds is 1. The highest BCUT2D eigenvalue weighted by Crippen LogP contribution is 2.52. The number of hydrogen-bond donors (Lipinski definition) is 0. The Morgan fingerprint density at radius 3 is 2.86 bits per heavy atom. The van der Waals surface area contributed by atoms with Crippen molar-refractivity contribution in [1.29, 1.82) is 0 Å². The SMILES string of the molecule is C=CC1c2ccccc2N2c3ncncc3N(C)C2C1C. The molecule has 106 valence electrons. The molecule has 21 heavy (non-hydrogen) atoms. The molecule has 0 saturated carbocycles. The van der Waals surface area contributed by atoms with Crippen molar-refractivity contribution in [2.45, 2.75) is 19.0 Å². The van der Waals surface area contributed by atoms with E-state index in [0.717, 1.165) is 11.5 Å². The second-order valence-corrected chi connectivity index (χ2v) is 5.81. The molecule has 3 atom stereocenters. The van der Waals surface area contributed by atoms with E-state index in [1.807, 2.05) is 6.20 Å². The maximum absolute atomic E-state index is 4.53. The molecule has 0 radical (unpaired) electrons. The Balaban J connectivity index is 1.98. The maximum Gasteiger partial charge on any atom is 0.161 e. The summed E-state index contributed by atoms with van der Waals surface area (Å²) in [6, 6.07) is 8.57. The van der Waals surface area contributed by atoms with Gasteiger partial charge in [0.15, 0.2) is 5.82 Å². The Hall–Kier alpha value is -2.36. The minimum atomic E-state index is 0.259. The number of nitrogens with zero attached hydrogens (tertiary/aromatic N) is 4. The lowest BCUT2D eigenvalue weighted by Gasteiger charge is -2.43. The van der Waals surface area contributed by atoms with E-state index in [1.54, 1.807) is 6.33 Å². The molecule has 0 aliphatic carbocycles. The molecule has 3 unspecified atom stereocenters. The van der Waals surface area contributed by atoms with Crippen LogP contribution in [0.4, 0.5) is 17.2 Å². The van der Waals surface area contributed by atoms with Crippen LogP contribution in [0, 0.1) is 5.92 Å². The van der Waals surface area contributed by atoms with Crippen molar-refractivity contribution in [1.82, 2.24) is 9.97 Å². The number of fused-ring (bicyclic) bond motifs is 5. The van der Waals surface area contributed by atoms with Gasteiger partial charge in [0.2, 0.25) is 0 Å². The van der Waals surface area contributed by atoms with Crippen molar-refractivity contribution in [2.24, 2.45) is 5.92 Å². The van der Waals surface area contributed by atoms with Gasteiger partial charge in [0.1, 0.15) is 18.2 Å². The quantitative estimate of drug-likeness (QED) is 0.749. The van der Waals surface area contributed by atoms with E-state index in [1.165, 1.54) is 11.3 Å². The molecule has 2 aliphatic heterocycles. The highest BCUT2D eigenvalue weighted by atomic mass is 15.4. The average Bonchev–Trinajstić information content (AvgIpc) is 2.82. The van der Waals surface area contributed by atoms with Gasteiger partial charge in [-0.2, -0.15) is 0 Å². The van der Waals surface area contributed by atoms with E-state index in [-0.39, 0.29) is 6.17 Å². The Labute approximate surface area is 124 Å². The van der Waals surface area contributed by atoms with Crippen molar-refractivity contribution in [2.75, 3.05) is 16.8 Å². The van der Waals surface area contributed by atoms with Crippen molar-refractivity contribution in [3.05, 3.63) is 55.0 Å². The van der Waals surface area contributed by atoms with Gasteiger partial charge >= 0.3 is 0 Å². The number of hydrogen-bond acceptors (Lipinski definition) is 4. The Morgan fingerprint density at radius 1 is 1.24 bits per heavy atom.